The van der Waals surface area contributed by atoms with E-state index in [0.717, 1.165) is 48.0 Å². The van der Waals surface area contributed by atoms with Gasteiger partial charge in [-0.25, -0.2) is 4.98 Å². The number of amides is 1. The van der Waals surface area contributed by atoms with Gasteiger partial charge < -0.3 is 9.64 Å². The maximum atomic E-state index is 12.8. The number of ether oxygens (including phenoxy) is 1. The van der Waals surface area contributed by atoms with Crippen molar-refractivity contribution < 1.29 is 9.53 Å². The normalized spacial score (nSPS) is 20.7. The topological polar surface area (TPSA) is 45.7 Å². The maximum Gasteiger partial charge on any atom is 0.241 e. The highest BCUT2D eigenvalue weighted by atomic mass is 32.1. The molecular weight excluding hydrogens is 334 g/mol. The molecule has 25 heavy (non-hydrogen) atoms. The van der Waals surface area contributed by atoms with E-state index in [4.69, 9.17) is 4.74 Å². The van der Waals surface area contributed by atoms with Gasteiger partial charge in [-0.05, 0) is 38.0 Å². The molecule has 0 saturated carbocycles. The minimum Gasteiger partial charge on any atom is -0.376 e. The number of fused-ring (bicyclic) bond motifs is 1. The molecule has 2 aromatic rings. The predicted molar refractivity (Wildman–Crippen MR) is 100 cm³/mol. The highest BCUT2D eigenvalue weighted by molar-refractivity contribution is 7.09. The van der Waals surface area contributed by atoms with E-state index in [1.54, 1.807) is 11.3 Å². The summed E-state index contributed by atoms with van der Waals surface area (Å²) in [5.41, 5.74) is 4.46. The lowest BCUT2D eigenvalue weighted by Crippen LogP contribution is -2.47. The summed E-state index contributed by atoms with van der Waals surface area (Å²) in [5.74, 6) is 0.185. The lowest BCUT2D eigenvalue weighted by atomic mass is 10.1. The molecule has 0 radical (unpaired) electrons. The van der Waals surface area contributed by atoms with Gasteiger partial charge >= 0.3 is 0 Å². The molecule has 0 bridgehead atoms. The Kier molecular flexibility index (Phi) is 4.58. The minimum absolute atomic E-state index is 0.185. The molecule has 0 unspecified atom stereocenters. The van der Waals surface area contributed by atoms with Crippen LogP contribution in [0.25, 0.3) is 11.3 Å². The van der Waals surface area contributed by atoms with Crippen LogP contribution in [-0.2, 0) is 16.0 Å². The molecule has 1 aromatic carbocycles. The van der Waals surface area contributed by atoms with Crippen molar-refractivity contribution in [1.29, 1.82) is 0 Å². The van der Waals surface area contributed by atoms with Gasteiger partial charge in [0.25, 0.3) is 0 Å². The zero-order valence-electron chi connectivity index (χ0n) is 14.7. The third-order valence-electron chi connectivity index (χ3n) is 4.87. The van der Waals surface area contributed by atoms with Crippen molar-refractivity contribution in [3.63, 3.8) is 0 Å². The molecule has 1 amide bonds. The molecule has 132 valence electrons. The summed E-state index contributed by atoms with van der Waals surface area (Å²) in [7, 11) is 0. The van der Waals surface area contributed by atoms with Crippen LogP contribution in [0, 0.1) is 6.92 Å². The zero-order valence-corrected chi connectivity index (χ0v) is 15.5. The number of thiazole rings is 1. The van der Waals surface area contributed by atoms with Gasteiger partial charge in [-0.3, -0.25) is 9.69 Å². The third-order valence-corrected chi connectivity index (χ3v) is 5.65. The molecule has 3 heterocycles. The first-order chi connectivity index (χ1) is 12.1. The number of hydrogen-bond acceptors (Lipinski definition) is 5. The number of aromatic nitrogens is 1. The third kappa shape index (κ3) is 3.47. The quantitative estimate of drug-likeness (QED) is 0.847. The smallest absolute Gasteiger partial charge is 0.241 e. The Morgan fingerprint density at radius 1 is 1.40 bits per heavy atom. The number of nitrogens with zero attached hydrogens (tertiary/aromatic N) is 3. The molecule has 6 heteroatoms. The second kappa shape index (κ2) is 6.86. The summed E-state index contributed by atoms with van der Waals surface area (Å²) >= 11 is 1.67. The number of benzene rings is 1. The molecule has 5 nitrogen and oxygen atoms in total. The van der Waals surface area contributed by atoms with Gasteiger partial charge in [-0.15, -0.1) is 11.3 Å². The highest BCUT2D eigenvalue weighted by Crippen LogP contribution is 2.32. The Bertz CT molecular complexity index is 789. The number of morpholine rings is 1. The van der Waals surface area contributed by atoms with Crippen molar-refractivity contribution in [3.05, 3.63) is 34.2 Å². The summed E-state index contributed by atoms with van der Waals surface area (Å²) in [6.07, 6.45) is 1.12. The Balaban J connectivity index is 1.48. The minimum atomic E-state index is 0.185. The Morgan fingerprint density at radius 2 is 2.28 bits per heavy atom. The first-order valence-corrected chi connectivity index (χ1v) is 9.68. The molecule has 1 atom stereocenters. The van der Waals surface area contributed by atoms with Crippen molar-refractivity contribution in [1.82, 2.24) is 9.88 Å². The van der Waals surface area contributed by atoms with Crippen molar-refractivity contribution in [2.45, 2.75) is 26.4 Å². The van der Waals surface area contributed by atoms with E-state index in [-0.39, 0.29) is 12.0 Å². The molecule has 2 aliphatic rings. The van der Waals surface area contributed by atoms with E-state index in [1.807, 2.05) is 11.8 Å². The van der Waals surface area contributed by atoms with Crippen molar-refractivity contribution in [3.8, 4) is 11.3 Å². The number of hydrogen-bond donors (Lipinski definition) is 0. The van der Waals surface area contributed by atoms with Crippen LogP contribution in [0.5, 0.6) is 0 Å². The van der Waals surface area contributed by atoms with Gasteiger partial charge in [-0.2, -0.15) is 0 Å². The number of carbonyl (C=O) groups excluding carboxylic acids is 1. The molecule has 1 fully saturated rings. The van der Waals surface area contributed by atoms with Crippen molar-refractivity contribution in [2.24, 2.45) is 0 Å². The van der Waals surface area contributed by atoms with Crippen LogP contribution in [0.4, 0.5) is 5.69 Å². The standard InChI is InChI=1S/C19H23N3O2S/c1-13-10-21(7-8-24-13)11-19(23)22-6-5-16-9-15(3-4-18(16)22)17-12-25-14(2)20-17/h3-4,9,12-13H,5-8,10-11H2,1-2H3/t13-/m0/s1. The zero-order chi connectivity index (χ0) is 17.4. The first-order valence-electron chi connectivity index (χ1n) is 8.80. The fourth-order valence-corrected chi connectivity index (χ4v) is 4.25. The van der Waals surface area contributed by atoms with Crippen LogP contribution in [0.15, 0.2) is 23.6 Å². The summed E-state index contributed by atoms with van der Waals surface area (Å²) in [4.78, 5) is 21.5. The van der Waals surface area contributed by atoms with Gasteiger partial charge in [0, 0.05) is 36.3 Å². The van der Waals surface area contributed by atoms with Gasteiger partial charge in [0.15, 0.2) is 0 Å². The molecule has 1 saturated heterocycles. The van der Waals surface area contributed by atoms with E-state index in [0.29, 0.717) is 13.2 Å². The van der Waals surface area contributed by atoms with Gasteiger partial charge in [0.05, 0.1) is 30.0 Å². The SMILES string of the molecule is Cc1nc(-c2ccc3c(c2)CCN3C(=O)CN2CCO[C@@H](C)C2)cs1. The van der Waals surface area contributed by atoms with Crippen LogP contribution in [0.2, 0.25) is 0 Å². The molecule has 0 spiro atoms. The van der Waals surface area contributed by atoms with E-state index in [1.165, 1.54) is 5.56 Å². The monoisotopic (exact) mass is 357 g/mol. The van der Waals surface area contributed by atoms with Gasteiger partial charge in [-0.1, -0.05) is 6.07 Å². The fraction of sp³-hybridized carbons (Fsp3) is 0.474. The average molecular weight is 357 g/mol. The lowest BCUT2D eigenvalue weighted by Gasteiger charge is -2.31. The van der Waals surface area contributed by atoms with Crippen molar-refractivity contribution >= 4 is 22.9 Å². The average Bonchev–Trinajstić information content (AvgIpc) is 3.20. The molecule has 2 aliphatic heterocycles. The molecule has 4 rings (SSSR count). The van der Waals surface area contributed by atoms with Crippen LogP contribution in [-0.4, -0.2) is 54.7 Å². The maximum absolute atomic E-state index is 12.8. The fourth-order valence-electron chi connectivity index (χ4n) is 3.63. The summed E-state index contributed by atoms with van der Waals surface area (Å²) in [6, 6.07) is 6.34. The van der Waals surface area contributed by atoms with Crippen LogP contribution < -0.4 is 4.90 Å². The molecule has 1 aromatic heterocycles. The summed E-state index contributed by atoms with van der Waals surface area (Å²) < 4.78 is 5.56. The second-order valence-corrected chi connectivity index (χ2v) is 7.87. The van der Waals surface area contributed by atoms with E-state index in [2.05, 4.69) is 40.4 Å². The largest absolute Gasteiger partial charge is 0.376 e. The van der Waals surface area contributed by atoms with Crippen LogP contribution >= 0.6 is 11.3 Å². The van der Waals surface area contributed by atoms with Gasteiger partial charge in [0.2, 0.25) is 5.91 Å². The van der Waals surface area contributed by atoms with Crippen LogP contribution in [0.3, 0.4) is 0 Å². The first kappa shape index (κ1) is 16.7. The molecule has 0 aliphatic carbocycles. The Labute approximate surface area is 152 Å². The number of carbonyl (C=O) groups is 1. The molecular formula is C19H23N3O2S. The Hall–Kier alpha value is -1.76. The number of anilines is 1. The van der Waals surface area contributed by atoms with E-state index < -0.39 is 0 Å². The van der Waals surface area contributed by atoms with E-state index >= 15 is 0 Å². The summed E-state index contributed by atoms with van der Waals surface area (Å²) in [5, 5.41) is 3.17. The predicted octanol–water partition coefficient (Wildman–Crippen LogP) is 2.73. The molecule has 0 N–H and O–H groups in total. The van der Waals surface area contributed by atoms with Crippen molar-refractivity contribution in [2.75, 3.05) is 37.7 Å². The summed E-state index contributed by atoms with van der Waals surface area (Å²) in [6.45, 7) is 7.70. The van der Waals surface area contributed by atoms with E-state index in [9.17, 15) is 4.79 Å². The number of aryl methyl sites for hydroxylation is 1. The van der Waals surface area contributed by atoms with Gasteiger partial charge in [0.1, 0.15) is 0 Å². The Morgan fingerprint density at radius 3 is 3.04 bits per heavy atom. The second-order valence-electron chi connectivity index (χ2n) is 6.81. The van der Waals surface area contributed by atoms with Crippen LogP contribution in [0.1, 0.15) is 17.5 Å². The lowest BCUT2D eigenvalue weighted by molar-refractivity contribution is -0.121. The number of rotatable bonds is 3. The highest BCUT2D eigenvalue weighted by Gasteiger charge is 2.27.